The van der Waals surface area contributed by atoms with Crippen LogP contribution in [0.2, 0.25) is 0 Å². The fraction of sp³-hybridized carbons (Fsp3) is 0.786. The zero-order valence-electron chi connectivity index (χ0n) is 11.9. The molecule has 1 fully saturated rings. The van der Waals surface area contributed by atoms with Crippen molar-refractivity contribution in [2.75, 3.05) is 33.2 Å². The van der Waals surface area contributed by atoms with Crippen molar-refractivity contribution in [1.29, 1.82) is 0 Å². The molecule has 0 saturated carbocycles. The minimum atomic E-state index is 0.751. The van der Waals surface area contributed by atoms with Crippen LogP contribution >= 0.6 is 0 Å². The van der Waals surface area contributed by atoms with Gasteiger partial charge in [0.15, 0.2) is 5.96 Å². The third-order valence-corrected chi connectivity index (χ3v) is 3.55. The van der Waals surface area contributed by atoms with E-state index in [-0.39, 0.29) is 0 Å². The largest absolute Gasteiger partial charge is 0.355 e. The second-order valence-corrected chi connectivity index (χ2v) is 4.76. The molecule has 18 heavy (non-hydrogen) atoms. The summed E-state index contributed by atoms with van der Waals surface area (Å²) in [4.78, 5) is 6.78. The summed E-state index contributed by atoms with van der Waals surface area (Å²) in [6.07, 6.45) is 7.21. The van der Waals surface area contributed by atoms with Crippen molar-refractivity contribution < 1.29 is 0 Å². The molecular weight excluding hydrogens is 224 g/mol. The Morgan fingerprint density at radius 1 is 1.44 bits per heavy atom. The molecule has 1 aliphatic heterocycles. The molecule has 4 heteroatoms. The Balaban J connectivity index is 2.24. The normalized spacial score (nSPS) is 21.7. The van der Waals surface area contributed by atoms with Crippen LogP contribution < -0.4 is 10.6 Å². The highest BCUT2D eigenvalue weighted by Gasteiger charge is 2.19. The van der Waals surface area contributed by atoms with Crippen molar-refractivity contribution >= 4 is 5.96 Å². The third-order valence-electron chi connectivity index (χ3n) is 3.55. The number of nitrogens with one attached hydrogen (secondary N) is 2. The maximum atomic E-state index is 4.18. The van der Waals surface area contributed by atoms with Crippen LogP contribution in [-0.2, 0) is 0 Å². The first-order chi connectivity index (χ1) is 8.81. The van der Waals surface area contributed by atoms with Crippen LogP contribution in [0.25, 0.3) is 0 Å². The van der Waals surface area contributed by atoms with Crippen LogP contribution in [0.1, 0.15) is 32.6 Å². The van der Waals surface area contributed by atoms with Gasteiger partial charge >= 0.3 is 0 Å². The zero-order chi connectivity index (χ0) is 13.2. The van der Waals surface area contributed by atoms with Gasteiger partial charge in [-0.25, -0.2) is 0 Å². The van der Waals surface area contributed by atoms with Gasteiger partial charge < -0.3 is 10.6 Å². The van der Waals surface area contributed by atoms with Crippen molar-refractivity contribution in [1.82, 2.24) is 15.5 Å². The summed E-state index contributed by atoms with van der Waals surface area (Å²) >= 11 is 0. The van der Waals surface area contributed by atoms with E-state index in [9.17, 15) is 0 Å². The number of hydrogen-bond acceptors (Lipinski definition) is 2. The minimum Gasteiger partial charge on any atom is -0.355 e. The van der Waals surface area contributed by atoms with Gasteiger partial charge in [-0.1, -0.05) is 19.4 Å². The fourth-order valence-electron chi connectivity index (χ4n) is 2.52. The van der Waals surface area contributed by atoms with E-state index in [2.05, 4.69) is 34.0 Å². The zero-order valence-corrected chi connectivity index (χ0v) is 11.9. The molecule has 1 rings (SSSR count). The van der Waals surface area contributed by atoms with Crippen molar-refractivity contribution in [3.05, 3.63) is 12.7 Å². The number of piperidine rings is 1. The molecule has 2 N–H and O–H groups in total. The Morgan fingerprint density at radius 3 is 2.94 bits per heavy atom. The van der Waals surface area contributed by atoms with Gasteiger partial charge in [-0.2, -0.15) is 0 Å². The van der Waals surface area contributed by atoms with Gasteiger partial charge in [-0.15, -0.1) is 6.58 Å². The second-order valence-electron chi connectivity index (χ2n) is 4.76. The Morgan fingerprint density at radius 2 is 2.28 bits per heavy atom. The molecule has 0 bridgehead atoms. The molecule has 104 valence electrons. The van der Waals surface area contributed by atoms with Crippen LogP contribution in [0.5, 0.6) is 0 Å². The maximum Gasteiger partial charge on any atom is 0.191 e. The molecule has 1 saturated heterocycles. The van der Waals surface area contributed by atoms with Crippen molar-refractivity contribution in [2.24, 2.45) is 4.99 Å². The van der Waals surface area contributed by atoms with E-state index in [0.717, 1.165) is 31.6 Å². The highest BCUT2D eigenvalue weighted by molar-refractivity contribution is 5.79. The van der Waals surface area contributed by atoms with Gasteiger partial charge in [0.25, 0.3) is 0 Å². The van der Waals surface area contributed by atoms with Crippen molar-refractivity contribution in [3.63, 3.8) is 0 Å². The van der Waals surface area contributed by atoms with E-state index in [1.165, 1.54) is 32.2 Å². The summed E-state index contributed by atoms with van der Waals surface area (Å²) < 4.78 is 0. The Bertz CT molecular complexity index is 263. The molecule has 1 unspecified atom stereocenters. The molecule has 0 amide bonds. The van der Waals surface area contributed by atoms with E-state index >= 15 is 0 Å². The molecule has 0 aliphatic carbocycles. The standard InChI is InChI=1S/C14H28N4/c1-4-9-16-14(15-3)17-10-12-18-11-7-6-8-13(18)5-2/h4,13H,1,5-12H2,2-3H3,(H2,15,16,17). The predicted octanol–water partition coefficient (Wildman–Crippen LogP) is 1.60. The first-order valence-corrected chi connectivity index (χ1v) is 7.11. The average Bonchev–Trinajstić information content (AvgIpc) is 2.43. The molecular formula is C14H28N4. The minimum absolute atomic E-state index is 0.751. The number of likely N-dealkylation sites (tertiary alicyclic amines) is 1. The van der Waals surface area contributed by atoms with Crippen LogP contribution in [0.4, 0.5) is 0 Å². The van der Waals surface area contributed by atoms with E-state index in [1.54, 1.807) is 7.05 Å². The Labute approximate surface area is 112 Å². The van der Waals surface area contributed by atoms with Gasteiger partial charge in [0, 0.05) is 32.7 Å². The summed E-state index contributed by atoms with van der Waals surface area (Å²) in [5, 5.41) is 6.53. The lowest BCUT2D eigenvalue weighted by Gasteiger charge is -2.35. The number of nitrogens with zero attached hydrogens (tertiary/aromatic N) is 2. The average molecular weight is 252 g/mol. The van der Waals surface area contributed by atoms with E-state index < -0.39 is 0 Å². The monoisotopic (exact) mass is 252 g/mol. The predicted molar refractivity (Wildman–Crippen MR) is 79.1 cm³/mol. The Kier molecular flexibility index (Phi) is 7.49. The van der Waals surface area contributed by atoms with E-state index in [1.807, 2.05) is 6.08 Å². The van der Waals surface area contributed by atoms with E-state index in [0.29, 0.717) is 0 Å². The van der Waals surface area contributed by atoms with Crippen molar-refractivity contribution in [3.8, 4) is 0 Å². The molecule has 0 radical (unpaired) electrons. The number of aliphatic imine (C=N–C) groups is 1. The molecule has 0 aromatic carbocycles. The fourth-order valence-corrected chi connectivity index (χ4v) is 2.52. The third kappa shape index (κ3) is 5.08. The highest BCUT2D eigenvalue weighted by atomic mass is 15.2. The topological polar surface area (TPSA) is 39.7 Å². The summed E-state index contributed by atoms with van der Waals surface area (Å²) in [5.41, 5.74) is 0. The summed E-state index contributed by atoms with van der Waals surface area (Å²) in [6.45, 7) is 10.0. The summed E-state index contributed by atoms with van der Waals surface area (Å²) in [6, 6.07) is 0.781. The van der Waals surface area contributed by atoms with E-state index in [4.69, 9.17) is 0 Å². The van der Waals surface area contributed by atoms with Crippen molar-refractivity contribution in [2.45, 2.75) is 38.6 Å². The summed E-state index contributed by atoms with van der Waals surface area (Å²) in [7, 11) is 1.80. The quantitative estimate of drug-likeness (QED) is 0.428. The van der Waals surface area contributed by atoms with Gasteiger partial charge in [0.05, 0.1) is 0 Å². The van der Waals surface area contributed by atoms with Crippen LogP contribution in [0, 0.1) is 0 Å². The van der Waals surface area contributed by atoms with Crippen LogP contribution in [0.3, 0.4) is 0 Å². The van der Waals surface area contributed by atoms with Crippen LogP contribution in [-0.4, -0.2) is 50.1 Å². The number of hydrogen-bond donors (Lipinski definition) is 2. The molecule has 1 heterocycles. The molecule has 1 aliphatic rings. The number of rotatable bonds is 6. The number of guanidine groups is 1. The van der Waals surface area contributed by atoms with Gasteiger partial charge in [0.2, 0.25) is 0 Å². The lowest BCUT2D eigenvalue weighted by molar-refractivity contribution is 0.147. The maximum absolute atomic E-state index is 4.18. The molecule has 4 nitrogen and oxygen atoms in total. The smallest absolute Gasteiger partial charge is 0.191 e. The van der Waals surface area contributed by atoms with Crippen LogP contribution in [0.15, 0.2) is 17.6 Å². The first kappa shape index (κ1) is 15.0. The SMILES string of the molecule is C=CCNC(=NC)NCCN1CCCCC1CC. The van der Waals surface area contributed by atoms with Gasteiger partial charge in [0.1, 0.15) is 0 Å². The molecule has 0 aromatic rings. The molecule has 0 aromatic heterocycles. The Hall–Kier alpha value is -1.03. The van der Waals surface area contributed by atoms with Gasteiger partial charge in [-0.05, 0) is 25.8 Å². The molecule has 0 spiro atoms. The van der Waals surface area contributed by atoms with Gasteiger partial charge in [-0.3, -0.25) is 9.89 Å². The first-order valence-electron chi connectivity index (χ1n) is 7.11. The summed E-state index contributed by atoms with van der Waals surface area (Å²) in [5.74, 6) is 0.861. The highest BCUT2D eigenvalue weighted by Crippen LogP contribution is 2.18. The molecule has 1 atom stereocenters. The lowest BCUT2D eigenvalue weighted by atomic mass is 10.0. The second kappa shape index (κ2) is 8.97. The lowest BCUT2D eigenvalue weighted by Crippen LogP contribution is -2.45.